The third-order valence-electron chi connectivity index (χ3n) is 1.95. The molecule has 0 spiro atoms. The van der Waals surface area contributed by atoms with Gasteiger partial charge in [0.05, 0.1) is 19.5 Å². The predicted octanol–water partition coefficient (Wildman–Crippen LogP) is 0.430. The van der Waals surface area contributed by atoms with E-state index in [0.717, 1.165) is 11.9 Å². The number of carbonyl (C=O) groups is 2. The zero-order valence-corrected chi connectivity index (χ0v) is 10.0. The first-order chi connectivity index (χ1) is 8.52. The number of carbonyl (C=O) groups excluding carboxylic acids is 1. The van der Waals surface area contributed by atoms with E-state index in [1.807, 2.05) is 6.92 Å². The van der Waals surface area contributed by atoms with E-state index in [-0.39, 0.29) is 17.9 Å². The van der Waals surface area contributed by atoms with Gasteiger partial charge in [0.15, 0.2) is 11.4 Å². The minimum atomic E-state index is -1.23. The van der Waals surface area contributed by atoms with Crippen LogP contribution < -0.4 is 5.32 Å². The summed E-state index contributed by atoms with van der Waals surface area (Å²) >= 11 is 0. The molecule has 1 amide bonds. The molecule has 3 N–H and O–H groups in total. The van der Waals surface area contributed by atoms with Crippen LogP contribution in [0, 0.1) is 0 Å². The van der Waals surface area contributed by atoms with Crippen LogP contribution in [0.15, 0.2) is 18.5 Å². The molecule has 0 radical (unpaired) electrons. The van der Waals surface area contributed by atoms with E-state index < -0.39 is 11.9 Å². The van der Waals surface area contributed by atoms with E-state index in [2.05, 4.69) is 21.9 Å². The Hall–Kier alpha value is -2.15. The van der Waals surface area contributed by atoms with Gasteiger partial charge in [-0.1, -0.05) is 12.2 Å². The van der Waals surface area contributed by atoms with Gasteiger partial charge in [-0.3, -0.25) is 4.79 Å². The Morgan fingerprint density at radius 2 is 2.33 bits per heavy atom. The number of H-pyrrole nitrogens is 1. The van der Waals surface area contributed by atoms with Gasteiger partial charge < -0.3 is 20.1 Å². The highest BCUT2D eigenvalue weighted by atomic mass is 16.5. The Morgan fingerprint density at radius 3 is 2.94 bits per heavy atom. The first kappa shape index (κ1) is 13.9. The lowest BCUT2D eigenvalue weighted by atomic mass is 10.3. The molecule has 0 saturated carbocycles. The van der Waals surface area contributed by atoms with Crippen molar-refractivity contribution in [1.82, 2.24) is 15.3 Å². The number of imidazole rings is 1. The summed E-state index contributed by atoms with van der Waals surface area (Å²) in [6.45, 7) is 6.53. The number of amides is 1. The number of aromatic carboxylic acids is 1. The molecule has 0 fully saturated rings. The molecule has 0 aliphatic heterocycles. The van der Waals surface area contributed by atoms with Crippen molar-refractivity contribution in [2.45, 2.75) is 6.92 Å². The third kappa shape index (κ3) is 4.02. The maximum atomic E-state index is 11.6. The number of carboxylic acid groups (broad SMARTS) is 1. The summed E-state index contributed by atoms with van der Waals surface area (Å²) in [6.07, 6.45) is 1.16. The molecule has 1 aromatic heterocycles. The van der Waals surface area contributed by atoms with Gasteiger partial charge in [0.2, 0.25) is 0 Å². The van der Waals surface area contributed by atoms with Gasteiger partial charge in [-0.2, -0.15) is 0 Å². The topological polar surface area (TPSA) is 104 Å². The van der Waals surface area contributed by atoms with Crippen LogP contribution in [-0.2, 0) is 4.74 Å². The lowest BCUT2D eigenvalue weighted by molar-refractivity contribution is 0.0684. The second-order valence-corrected chi connectivity index (χ2v) is 3.70. The Bertz CT molecular complexity index is 453. The normalized spacial score (nSPS) is 10.1. The van der Waals surface area contributed by atoms with Crippen LogP contribution in [0.1, 0.15) is 27.9 Å². The summed E-state index contributed by atoms with van der Waals surface area (Å²) < 4.78 is 5.18. The minimum Gasteiger partial charge on any atom is -0.477 e. The number of nitrogens with zero attached hydrogens (tertiary/aromatic N) is 1. The van der Waals surface area contributed by atoms with E-state index in [9.17, 15) is 9.59 Å². The van der Waals surface area contributed by atoms with E-state index >= 15 is 0 Å². The lowest BCUT2D eigenvalue weighted by Gasteiger charge is -2.05. The molecule has 0 unspecified atom stereocenters. The standard InChI is InChI=1S/C11H15N3O4/c1-7(2)5-18-4-3-12-10(15)8-9(11(16)17)14-6-13-8/h6H,1,3-5H2,2H3,(H,12,15)(H,13,14)(H,16,17). The number of aromatic amines is 1. The van der Waals surface area contributed by atoms with Gasteiger partial charge in [0.25, 0.3) is 5.91 Å². The van der Waals surface area contributed by atoms with Crippen LogP contribution >= 0.6 is 0 Å². The molecule has 0 atom stereocenters. The molecule has 98 valence electrons. The van der Waals surface area contributed by atoms with Crippen LogP contribution in [0.25, 0.3) is 0 Å². The Kier molecular flexibility index (Phi) is 5.06. The Morgan fingerprint density at radius 1 is 1.61 bits per heavy atom. The molecule has 0 aromatic carbocycles. The average molecular weight is 253 g/mol. The molecule has 18 heavy (non-hydrogen) atoms. The third-order valence-corrected chi connectivity index (χ3v) is 1.95. The Labute approximate surface area is 104 Å². The first-order valence-electron chi connectivity index (χ1n) is 5.29. The number of hydrogen-bond acceptors (Lipinski definition) is 4. The molecular weight excluding hydrogens is 238 g/mol. The van der Waals surface area contributed by atoms with E-state index in [0.29, 0.717) is 13.2 Å². The largest absolute Gasteiger partial charge is 0.477 e. The minimum absolute atomic E-state index is 0.137. The fraction of sp³-hybridized carbons (Fsp3) is 0.364. The SMILES string of the molecule is C=C(C)COCCNC(=O)c1nc[nH]c1C(=O)O. The van der Waals surface area contributed by atoms with Crippen molar-refractivity contribution < 1.29 is 19.4 Å². The number of ether oxygens (including phenoxy) is 1. The maximum absolute atomic E-state index is 11.6. The summed E-state index contributed by atoms with van der Waals surface area (Å²) in [7, 11) is 0. The monoisotopic (exact) mass is 253 g/mol. The first-order valence-corrected chi connectivity index (χ1v) is 5.29. The van der Waals surface area contributed by atoms with Crippen LogP contribution in [0.3, 0.4) is 0 Å². The molecule has 1 heterocycles. The van der Waals surface area contributed by atoms with Crippen LogP contribution in [0.5, 0.6) is 0 Å². The van der Waals surface area contributed by atoms with E-state index in [1.165, 1.54) is 0 Å². The van der Waals surface area contributed by atoms with Gasteiger partial charge in [-0.15, -0.1) is 0 Å². The molecule has 1 aromatic rings. The molecule has 7 nitrogen and oxygen atoms in total. The van der Waals surface area contributed by atoms with Gasteiger partial charge in [-0.05, 0) is 6.92 Å². The predicted molar refractivity (Wildman–Crippen MR) is 63.5 cm³/mol. The van der Waals surface area contributed by atoms with Gasteiger partial charge in [0, 0.05) is 6.54 Å². The fourth-order valence-corrected chi connectivity index (χ4v) is 1.20. The highest BCUT2D eigenvalue weighted by Crippen LogP contribution is 2.02. The zero-order chi connectivity index (χ0) is 13.5. The van der Waals surface area contributed by atoms with Gasteiger partial charge in [-0.25, -0.2) is 9.78 Å². The number of rotatable bonds is 7. The van der Waals surface area contributed by atoms with Crippen molar-refractivity contribution in [3.05, 3.63) is 29.9 Å². The summed E-state index contributed by atoms with van der Waals surface area (Å²) in [5, 5.41) is 11.3. The lowest BCUT2D eigenvalue weighted by Crippen LogP contribution is -2.29. The molecule has 0 aliphatic rings. The highest BCUT2D eigenvalue weighted by Gasteiger charge is 2.18. The van der Waals surface area contributed by atoms with E-state index in [4.69, 9.17) is 9.84 Å². The van der Waals surface area contributed by atoms with Crippen LogP contribution in [0.2, 0.25) is 0 Å². The number of aromatic nitrogens is 2. The summed E-state index contributed by atoms with van der Waals surface area (Å²) in [6, 6.07) is 0. The summed E-state index contributed by atoms with van der Waals surface area (Å²) in [4.78, 5) is 28.4. The number of carboxylic acids is 1. The Balaban J connectivity index is 2.39. The number of hydrogen-bond donors (Lipinski definition) is 3. The van der Waals surface area contributed by atoms with Crippen molar-refractivity contribution in [2.24, 2.45) is 0 Å². The fourth-order valence-electron chi connectivity index (χ4n) is 1.20. The molecule has 0 saturated heterocycles. The van der Waals surface area contributed by atoms with Crippen LogP contribution in [0.4, 0.5) is 0 Å². The molecule has 7 heteroatoms. The zero-order valence-electron chi connectivity index (χ0n) is 10.0. The highest BCUT2D eigenvalue weighted by molar-refractivity contribution is 6.02. The average Bonchev–Trinajstić information content (AvgIpc) is 2.76. The summed E-state index contributed by atoms with van der Waals surface area (Å²) in [5.74, 6) is -1.77. The van der Waals surface area contributed by atoms with E-state index in [1.54, 1.807) is 0 Å². The van der Waals surface area contributed by atoms with Crippen molar-refractivity contribution in [3.8, 4) is 0 Å². The van der Waals surface area contributed by atoms with Gasteiger partial charge >= 0.3 is 5.97 Å². The molecular formula is C11H15N3O4. The van der Waals surface area contributed by atoms with Crippen LogP contribution in [-0.4, -0.2) is 46.7 Å². The van der Waals surface area contributed by atoms with Crippen molar-refractivity contribution in [2.75, 3.05) is 19.8 Å². The van der Waals surface area contributed by atoms with Gasteiger partial charge in [0.1, 0.15) is 0 Å². The molecule has 0 aliphatic carbocycles. The summed E-state index contributed by atoms with van der Waals surface area (Å²) in [5.41, 5.74) is 0.527. The molecule has 1 rings (SSSR count). The molecule has 0 bridgehead atoms. The number of nitrogens with one attached hydrogen (secondary N) is 2. The maximum Gasteiger partial charge on any atom is 0.354 e. The van der Waals surface area contributed by atoms with Crippen molar-refractivity contribution >= 4 is 11.9 Å². The smallest absolute Gasteiger partial charge is 0.354 e. The second kappa shape index (κ2) is 6.55. The van der Waals surface area contributed by atoms with Crippen molar-refractivity contribution in [1.29, 1.82) is 0 Å². The second-order valence-electron chi connectivity index (χ2n) is 3.70. The van der Waals surface area contributed by atoms with Crippen molar-refractivity contribution in [3.63, 3.8) is 0 Å². The quantitative estimate of drug-likeness (QED) is 0.483.